The Bertz CT molecular complexity index is 1300. The molecule has 4 aromatic rings. The fourth-order valence-corrected chi connectivity index (χ4v) is 3.38. The molecule has 2 aromatic heterocycles. The molecule has 31 heavy (non-hydrogen) atoms. The Balaban J connectivity index is 1.48. The number of carbonyl (C=O) groups is 1. The number of ether oxygens (including phenoxy) is 1. The van der Waals surface area contributed by atoms with E-state index in [2.05, 4.69) is 36.4 Å². The number of hydrogen-bond acceptors (Lipinski definition) is 4. The van der Waals surface area contributed by atoms with Crippen LogP contribution in [0.4, 0.5) is 0 Å². The first kappa shape index (κ1) is 20.4. The first-order valence-corrected chi connectivity index (χ1v) is 10.0. The zero-order chi connectivity index (χ0) is 22.0. The summed E-state index contributed by atoms with van der Waals surface area (Å²) in [6.45, 7) is 4.82. The minimum atomic E-state index is -0.196. The Labute approximate surface area is 179 Å². The summed E-state index contributed by atoms with van der Waals surface area (Å²) < 4.78 is 8.28. The Morgan fingerprint density at radius 1 is 1.03 bits per heavy atom. The van der Waals surface area contributed by atoms with E-state index in [1.807, 2.05) is 6.07 Å². The Hall–Kier alpha value is -3.87. The average molecular weight is 416 g/mol. The number of nitrogens with one attached hydrogen (secondary N) is 1. The predicted molar refractivity (Wildman–Crippen MR) is 120 cm³/mol. The standard InChI is InChI=1S/C24H24N4O3/c1-16-4-5-19(14-17(16)2)21-15-22-24(30)27(12-13-28(22)26-21)11-10-25-23(29)18-6-8-20(31-3)9-7-18/h4-9,12-15H,10-11H2,1-3H3,(H,25,29). The van der Waals surface area contributed by atoms with Crippen LogP contribution in [0.5, 0.6) is 5.75 Å². The smallest absolute Gasteiger partial charge is 0.276 e. The summed E-state index contributed by atoms with van der Waals surface area (Å²) in [6.07, 6.45) is 3.44. The number of aryl methyl sites for hydroxylation is 2. The molecule has 0 aliphatic heterocycles. The number of benzene rings is 2. The molecule has 2 heterocycles. The van der Waals surface area contributed by atoms with Crippen LogP contribution in [0, 0.1) is 13.8 Å². The van der Waals surface area contributed by atoms with E-state index in [0.717, 1.165) is 11.3 Å². The molecule has 0 radical (unpaired) electrons. The summed E-state index contributed by atoms with van der Waals surface area (Å²) in [7, 11) is 1.58. The topological polar surface area (TPSA) is 77.6 Å². The summed E-state index contributed by atoms with van der Waals surface area (Å²) in [5, 5.41) is 7.38. The van der Waals surface area contributed by atoms with Gasteiger partial charge in [-0.1, -0.05) is 12.1 Å². The molecule has 0 spiro atoms. The van der Waals surface area contributed by atoms with E-state index in [9.17, 15) is 9.59 Å². The maximum absolute atomic E-state index is 12.9. The molecule has 158 valence electrons. The Morgan fingerprint density at radius 2 is 1.81 bits per heavy atom. The highest BCUT2D eigenvalue weighted by Gasteiger charge is 2.11. The molecule has 2 aromatic carbocycles. The normalized spacial score (nSPS) is 10.9. The Morgan fingerprint density at radius 3 is 2.52 bits per heavy atom. The van der Waals surface area contributed by atoms with E-state index in [4.69, 9.17) is 4.74 Å². The summed E-state index contributed by atoms with van der Waals surface area (Å²) in [5.74, 6) is 0.496. The molecule has 7 heteroatoms. The van der Waals surface area contributed by atoms with Crippen LogP contribution >= 0.6 is 0 Å². The summed E-state index contributed by atoms with van der Waals surface area (Å²) in [4.78, 5) is 25.2. The van der Waals surface area contributed by atoms with Gasteiger partial charge < -0.3 is 14.6 Å². The quantitative estimate of drug-likeness (QED) is 0.524. The second kappa shape index (κ2) is 8.47. The number of amides is 1. The van der Waals surface area contributed by atoms with Gasteiger partial charge in [0.1, 0.15) is 11.3 Å². The largest absolute Gasteiger partial charge is 0.497 e. The van der Waals surface area contributed by atoms with Crippen molar-refractivity contribution in [2.45, 2.75) is 20.4 Å². The van der Waals surface area contributed by atoms with Gasteiger partial charge in [0, 0.05) is 36.6 Å². The van der Waals surface area contributed by atoms with E-state index >= 15 is 0 Å². The van der Waals surface area contributed by atoms with Gasteiger partial charge in [0.05, 0.1) is 12.8 Å². The maximum atomic E-state index is 12.9. The fourth-order valence-electron chi connectivity index (χ4n) is 3.38. The third-order valence-electron chi connectivity index (χ3n) is 5.40. The molecule has 0 bridgehead atoms. The van der Waals surface area contributed by atoms with E-state index in [-0.39, 0.29) is 11.5 Å². The molecular formula is C24H24N4O3. The lowest BCUT2D eigenvalue weighted by molar-refractivity contribution is 0.0952. The van der Waals surface area contributed by atoms with Crippen molar-refractivity contribution in [2.24, 2.45) is 0 Å². The van der Waals surface area contributed by atoms with Crippen LogP contribution in [0.2, 0.25) is 0 Å². The van der Waals surface area contributed by atoms with Crippen LogP contribution in [0.25, 0.3) is 16.8 Å². The van der Waals surface area contributed by atoms with Crippen molar-refractivity contribution in [2.75, 3.05) is 13.7 Å². The van der Waals surface area contributed by atoms with Gasteiger partial charge in [-0.15, -0.1) is 0 Å². The van der Waals surface area contributed by atoms with Crippen LogP contribution in [0.3, 0.4) is 0 Å². The number of rotatable bonds is 6. The number of nitrogens with zero attached hydrogens (tertiary/aromatic N) is 3. The second-order valence-corrected chi connectivity index (χ2v) is 7.44. The van der Waals surface area contributed by atoms with Gasteiger partial charge in [-0.2, -0.15) is 5.10 Å². The van der Waals surface area contributed by atoms with E-state index in [0.29, 0.717) is 29.9 Å². The van der Waals surface area contributed by atoms with Crippen LogP contribution in [-0.4, -0.2) is 33.7 Å². The van der Waals surface area contributed by atoms with Crippen LogP contribution < -0.4 is 15.6 Å². The molecule has 0 aliphatic carbocycles. The monoisotopic (exact) mass is 416 g/mol. The van der Waals surface area contributed by atoms with Crippen molar-refractivity contribution < 1.29 is 9.53 Å². The van der Waals surface area contributed by atoms with Crippen molar-refractivity contribution in [3.63, 3.8) is 0 Å². The van der Waals surface area contributed by atoms with Gasteiger partial charge in [0.2, 0.25) is 0 Å². The van der Waals surface area contributed by atoms with Gasteiger partial charge in [-0.05, 0) is 61.4 Å². The highest BCUT2D eigenvalue weighted by atomic mass is 16.5. The molecule has 1 N–H and O–H groups in total. The van der Waals surface area contributed by atoms with Crippen LogP contribution in [0.15, 0.2) is 65.7 Å². The molecule has 0 fully saturated rings. The molecule has 0 unspecified atom stereocenters. The maximum Gasteiger partial charge on any atom is 0.276 e. The van der Waals surface area contributed by atoms with Gasteiger partial charge in [-0.3, -0.25) is 9.59 Å². The molecule has 0 saturated heterocycles. The molecule has 1 amide bonds. The van der Waals surface area contributed by atoms with E-state index < -0.39 is 0 Å². The highest BCUT2D eigenvalue weighted by molar-refractivity contribution is 5.94. The Kier molecular flexibility index (Phi) is 5.58. The molecule has 4 rings (SSSR count). The lowest BCUT2D eigenvalue weighted by atomic mass is 10.0. The van der Waals surface area contributed by atoms with Gasteiger partial charge in [-0.25, -0.2) is 4.52 Å². The molecule has 0 aliphatic rings. The fraction of sp³-hybridized carbons (Fsp3) is 0.208. The molecule has 0 atom stereocenters. The number of fused-ring (bicyclic) bond motifs is 1. The first-order valence-electron chi connectivity index (χ1n) is 10.0. The van der Waals surface area contributed by atoms with Crippen LogP contribution in [-0.2, 0) is 6.54 Å². The SMILES string of the molecule is COc1ccc(C(=O)NCCn2ccn3nc(-c4ccc(C)c(C)c4)cc3c2=O)cc1. The number of carbonyl (C=O) groups excluding carboxylic acids is 1. The summed E-state index contributed by atoms with van der Waals surface area (Å²) >= 11 is 0. The average Bonchev–Trinajstić information content (AvgIpc) is 3.22. The molecule has 0 saturated carbocycles. The summed E-state index contributed by atoms with van der Waals surface area (Å²) in [6, 6.07) is 14.8. The van der Waals surface area contributed by atoms with Crippen molar-refractivity contribution in [3.05, 3.63) is 88.0 Å². The summed E-state index contributed by atoms with van der Waals surface area (Å²) in [5.41, 5.74) is 5.01. The van der Waals surface area contributed by atoms with Gasteiger partial charge >= 0.3 is 0 Å². The van der Waals surface area contributed by atoms with Gasteiger partial charge in [0.25, 0.3) is 11.5 Å². The molecule has 7 nitrogen and oxygen atoms in total. The number of methoxy groups -OCH3 is 1. The van der Waals surface area contributed by atoms with Gasteiger partial charge in [0.15, 0.2) is 0 Å². The third-order valence-corrected chi connectivity index (χ3v) is 5.40. The first-order chi connectivity index (χ1) is 15.0. The number of aromatic nitrogens is 3. The van der Waals surface area contributed by atoms with E-state index in [1.54, 1.807) is 58.9 Å². The number of hydrogen-bond donors (Lipinski definition) is 1. The predicted octanol–water partition coefficient (Wildman–Crippen LogP) is 3.22. The van der Waals surface area contributed by atoms with Crippen molar-refractivity contribution in [1.29, 1.82) is 0 Å². The zero-order valence-corrected chi connectivity index (χ0v) is 17.8. The van der Waals surface area contributed by atoms with Crippen molar-refractivity contribution >= 4 is 11.4 Å². The minimum Gasteiger partial charge on any atom is -0.497 e. The zero-order valence-electron chi connectivity index (χ0n) is 17.8. The van der Waals surface area contributed by atoms with Crippen molar-refractivity contribution in [1.82, 2.24) is 19.5 Å². The lowest BCUT2D eigenvalue weighted by Gasteiger charge is -2.08. The van der Waals surface area contributed by atoms with E-state index in [1.165, 1.54) is 11.1 Å². The van der Waals surface area contributed by atoms with Crippen molar-refractivity contribution in [3.8, 4) is 17.0 Å². The third kappa shape index (κ3) is 4.21. The minimum absolute atomic E-state index is 0.149. The second-order valence-electron chi connectivity index (χ2n) is 7.44. The van der Waals surface area contributed by atoms with Crippen LogP contribution in [0.1, 0.15) is 21.5 Å². The highest BCUT2D eigenvalue weighted by Crippen LogP contribution is 2.21. The molecular weight excluding hydrogens is 392 g/mol. The lowest BCUT2D eigenvalue weighted by Crippen LogP contribution is -2.31.